The fraction of sp³-hybridized carbons (Fsp3) is 0.368. The summed E-state index contributed by atoms with van der Waals surface area (Å²) in [5.74, 6) is 1.46. The molecule has 0 aliphatic carbocycles. The van der Waals surface area contributed by atoms with Crippen LogP contribution in [0, 0.1) is 6.92 Å². The van der Waals surface area contributed by atoms with Gasteiger partial charge in [-0.15, -0.1) is 0 Å². The van der Waals surface area contributed by atoms with Crippen molar-refractivity contribution in [2.24, 2.45) is 0 Å². The quantitative estimate of drug-likeness (QED) is 0.635. The summed E-state index contributed by atoms with van der Waals surface area (Å²) >= 11 is 3.60. The predicted octanol–water partition coefficient (Wildman–Crippen LogP) is 3.82. The molecule has 0 amide bonds. The third-order valence-electron chi connectivity index (χ3n) is 3.83. The van der Waals surface area contributed by atoms with Gasteiger partial charge in [0.2, 0.25) is 0 Å². The second kappa shape index (κ2) is 9.67. The zero-order chi connectivity index (χ0) is 17.4. The Labute approximate surface area is 151 Å². The molecular weight excluding hydrogens is 370 g/mol. The first kappa shape index (κ1) is 18.8. The molecule has 5 heteroatoms. The van der Waals surface area contributed by atoms with Crippen molar-refractivity contribution in [3.05, 3.63) is 57.6 Å². The minimum absolute atomic E-state index is 0.183. The molecule has 0 bridgehead atoms. The maximum absolute atomic E-state index is 8.90. The smallest absolute Gasteiger partial charge is 0.167 e. The molecule has 130 valence electrons. The van der Waals surface area contributed by atoms with E-state index in [4.69, 9.17) is 14.6 Å². The van der Waals surface area contributed by atoms with Gasteiger partial charge in [0.15, 0.2) is 11.5 Å². The van der Waals surface area contributed by atoms with Crippen LogP contribution in [0.3, 0.4) is 0 Å². The summed E-state index contributed by atoms with van der Waals surface area (Å²) in [7, 11) is 1.65. The van der Waals surface area contributed by atoms with Gasteiger partial charge in [0.05, 0.1) is 7.11 Å². The number of nitrogens with one attached hydrogen (secondary N) is 1. The van der Waals surface area contributed by atoms with Crippen LogP contribution in [0.25, 0.3) is 0 Å². The number of rotatable bonds is 9. The molecule has 24 heavy (non-hydrogen) atoms. The molecular formula is C19H24BrNO3. The SMILES string of the molecule is COc1ccc(Br)c(CNCCCO)c1OCc1ccccc1C. The summed E-state index contributed by atoms with van der Waals surface area (Å²) in [6, 6.07) is 12.0. The number of aliphatic hydroxyl groups is 1. The van der Waals surface area contributed by atoms with E-state index in [1.807, 2.05) is 24.3 Å². The summed E-state index contributed by atoms with van der Waals surface area (Å²) < 4.78 is 12.6. The number of ether oxygens (including phenoxy) is 2. The Morgan fingerprint density at radius 2 is 1.96 bits per heavy atom. The standard InChI is InChI=1S/C19H24BrNO3/c1-14-6-3-4-7-15(14)13-24-19-16(12-21-10-5-11-22)17(20)8-9-18(19)23-2/h3-4,6-9,21-22H,5,10-13H2,1-2H3. The molecule has 0 fully saturated rings. The molecule has 2 rings (SSSR count). The van der Waals surface area contributed by atoms with Gasteiger partial charge in [0.25, 0.3) is 0 Å². The zero-order valence-electron chi connectivity index (χ0n) is 14.1. The fourth-order valence-electron chi connectivity index (χ4n) is 2.41. The predicted molar refractivity (Wildman–Crippen MR) is 99.6 cm³/mol. The number of hydrogen-bond donors (Lipinski definition) is 2. The number of hydrogen-bond acceptors (Lipinski definition) is 4. The van der Waals surface area contributed by atoms with Crippen LogP contribution < -0.4 is 14.8 Å². The molecule has 0 unspecified atom stereocenters. The van der Waals surface area contributed by atoms with Crippen LogP contribution in [0.1, 0.15) is 23.1 Å². The minimum atomic E-state index is 0.183. The summed E-state index contributed by atoms with van der Waals surface area (Å²) in [6.45, 7) is 4.14. The van der Waals surface area contributed by atoms with Crippen molar-refractivity contribution in [2.45, 2.75) is 26.5 Å². The van der Waals surface area contributed by atoms with E-state index in [0.29, 0.717) is 18.9 Å². The molecule has 0 spiro atoms. The van der Waals surface area contributed by atoms with Gasteiger partial charge in [-0.25, -0.2) is 0 Å². The monoisotopic (exact) mass is 393 g/mol. The van der Waals surface area contributed by atoms with Crippen LogP contribution in [0.5, 0.6) is 11.5 Å². The van der Waals surface area contributed by atoms with E-state index in [0.717, 1.165) is 34.3 Å². The van der Waals surface area contributed by atoms with Crippen LogP contribution in [0.4, 0.5) is 0 Å². The lowest BCUT2D eigenvalue weighted by molar-refractivity contribution is 0.277. The molecule has 0 aliphatic rings. The average Bonchev–Trinajstić information content (AvgIpc) is 2.59. The second-order valence-electron chi connectivity index (χ2n) is 5.53. The van der Waals surface area contributed by atoms with Crippen LogP contribution in [0.2, 0.25) is 0 Å². The van der Waals surface area contributed by atoms with E-state index < -0.39 is 0 Å². The highest BCUT2D eigenvalue weighted by Crippen LogP contribution is 2.36. The van der Waals surface area contributed by atoms with Crippen LogP contribution in [0.15, 0.2) is 40.9 Å². The minimum Gasteiger partial charge on any atom is -0.493 e. The highest BCUT2D eigenvalue weighted by Gasteiger charge is 2.15. The Hall–Kier alpha value is -1.56. The van der Waals surface area contributed by atoms with E-state index in [1.165, 1.54) is 5.56 Å². The first-order valence-electron chi connectivity index (χ1n) is 8.01. The van der Waals surface area contributed by atoms with E-state index in [-0.39, 0.29) is 6.61 Å². The van der Waals surface area contributed by atoms with Crippen molar-refractivity contribution in [3.8, 4) is 11.5 Å². The van der Waals surface area contributed by atoms with Crippen LogP contribution in [-0.2, 0) is 13.2 Å². The number of methoxy groups -OCH3 is 1. The van der Waals surface area contributed by atoms with E-state index in [9.17, 15) is 0 Å². The maximum Gasteiger partial charge on any atom is 0.167 e. The molecule has 0 atom stereocenters. The first-order chi connectivity index (χ1) is 11.7. The van der Waals surface area contributed by atoms with Crippen molar-refractivity contribution in [1.29, 1.82) is 0 Å². The summed E-state index contributed by atoms with van der Waals surface area (Å²) in [5, 5.41) is 12.2. The Morgan fingerprint density at radius 3 is 2.67 bits per heavy atom. The van der Waals surface area contributed by atoms with Gasteiger partial charge in [0, 0.05) is 23.2 Å². The van der Waals surface area contributed by atoms with E-state index >= 15 is 0 Å². The maximum atomic E-state index is 8.90. The van der Waals surface area contributed by atoms with E-state index in [1.54, 1.807) is 7.11 Å². The third kappa shape index (κ3) is 4.97. The Bertz CT molecular complexity index is 661. The van der Waals surface area contributed by atoms with Crippen molar-refractivity contribution in [3.63, 3.8) is 0 Å². The zero-order valence-corrected chi connectivity index (χ0v) is 15.7. The topological polar surface area (TPSA) is 50.7 Å². The molecule has 0 aromatic heterocycles. The lowest BCUT2D eigenvalue weighted by atomic mass is 10.1. The molecule has 0 radical (unpaired) electrons. The molecule has 0 saturated heterocycles. The van der Waals surface area contributed by atoms with Crippen molar-refractivity contribution >= 4 is 15.9 Å². The highest BCUT2D eigenvalue weighted by molar-refractivity contribution is 9.10. The molecule has 4 nitrogen and oxygen atoms in total. The fourth-order valence-corrected chi connectivity index (χ4v) is 2.86. The van der Waals surface area contributed by atoms with Gasteiger partial charge >= 0.3 is 0 Å². The number of benzene rings is 2. The number of halogens is 1. The Balaban J connectivity index is 2.19. The highest BCUT2D eigenvalue weighted by atomic mass is 79.9. The van der Waals surface area contributed by atoms with Gasteiger partial charge in [-0.3, -0.25) is 0 Å². The molecule has 0 heterocycles. The van der Waals surface area contributed by atoms with Crippen molar-refractivity contribution in [2.75, 3.05) is 20.3 Å². The average molecular weight is 394 g/mol. The summed E-state index contributed by atoms with van der Waals surface area (Å²) in [5.41, 5.74) is 3.37. The van der Waals surface area contributed by atoms with Gasteiger partial charge in [-0.05, 0) is 43.1 Å². The summed E-state index contributed by atoms with van der Waals surface area (Å²) in [6.07, 6.45) is 0.723. The lowest BCUT2D eigenvalue weighted by Gasteiger charge is -2.18. The van der Waals surface area contributed by atoms with Gasteiger partial charge in [-0.2, -0.15) is 0 Å². The van der Waals surface area contributed by atoms with E-state index in [2.05, 4.69) is 40.3 Å². The molecule has 0 aliphatic heterocycles. The molecule has 2 aromatic rings. The first-order valence-corrected chi connectivity index (χ1v) is 8.81. The summed E-state index contributed by atoms with van der Waals surface area (Å²) in [4.78, 5) is 0. The largest absolute Gasteiger partial charge is 0.493 e. The molecule has 2 aromatic carbocycles. The molecule has 0 saturated carbocycles. The van der Waals surface area contributed by atoms with Crippen molar-refractivity contribution < 1.29 is 14.6 Å². The Morgan fingerprint density at radius 1 is 1.17 bits per heavy atom. The lowest BCUT2D eigenvalue weighted by Crippen LogP contribution is -2.17. The van der Waals surface area contributed by atoms with Crippen molar-refractivity contribution in [1.82, 2.24) is 5.32 Å². The van der Waals surface area contributed by atoms with Gasteiger partial charge < -0.3 is 19.9 Å². The van der Waals surface area contributed by atoms with Gasteiger partial charge in [-0.1, -0.05) is 40.2 Å². The van der Waals surface area contributed by atoms with Gasteiger partial charge in [0.1, 0.15) is 6.61 Å². The number of aryl methyl sites for hydroxylation is 1. The number of aliphatic hydroxyl groups excluding tert-OH is 1. The third-order valence-corrected chi connectivity index (χ3v) is 4.58. The second-order valence-corrected chi connectivity index (χ2v) is 6.38. The van der Waals surface area contributed by atoms with Crippen LogP contribution >= 0.6 is 15.9 Å². The normalized spacial score (nSPS) is 10.7. The molecule has 2 N–H and O–H groups in total. The Kier molecular flexibility index (Phi) is 7.56. The van der Waals surface area contributed by atoms with Crippen LogP contribution in [-0.4, -0.2) is 25.4 Å².